The molecule has 0 bridgehead atoms. The van der Waals surface area contributed by atoms with Gasteiger partial charge < -0.3 is 20.4 Å². The standard InChI is InChI=1S/C17H28N6O2.2ClH/c1-21-6-8-22(9-7-21)17(25)13-23-12-15(11-19-23)20-16(24)3-2-14-4-5-18-10-14;;/h11-12,14,18H,2-10,13H2,1H3,(H,20,24);2*1H. The van der Waals surface area contributed by atoms with E-state index in [2.05, 4.69) is 27.7 Å². The third kappa shape index (κ3) is 7.29. The second-order valence-electron chi connectivity index (χ2n) is 7.06. The highest BCUT2D eigenvalue weighted by Crippen LogP contribution is 2.15. The molecule has 0 spiro atoms. The minimum absolute atomic E-state index is 0. The first-order valence-corrected chi connectivity index (χ1v) is 9.09. The highest BCUT2D eigenvalue weighted by Gasteiger charge is 2.20. The lowest BCUT2D eigenvalue weighted by Crippen LogP contribution is -2.48. The zero-order chi connectivity index (χ0) is 17.6. The Hall–Kier alpha value is -1.35. The molecule has 2 saturated heterocycles. The summed E-state index contributed by atoms with van der Waals surface area (Å²) in [4.78, 5) is 28.4. The molecule has 1 aromatic rings. The van der Waals surface area contributed by atoms with Crippen LogP contribution in [0.2, 0.25) is 0 Å². The zero-order valence-electron chi connectivity index (χ0n) is 15.7. The topological polar surface area (TPSA) is 82.5 Å². The third-order valence-corrected chi connectivity index (χ3v) is 5.01. The molecule has 2 aliphatic heterocycles. The lowest BCUT2D eigenvalue weighted by molar-refractivity contribution is -0.133. The van der Waals surface area contributed by atoms with Crippen LogP contribution in [0.4, 0.5) is 5.69 Å². The number of hydrogen-bond acceptors (Lipinski definition) is 5. The summed E-state index contributed by atoms with van der Waals surface area (Å²) in [6.07, 6.45) is 5.92. The van der Waals surface area contributed by atoms with E-state index in [1.54, 1.807) is 17.1 Å². The van der Waals surface area contributed by atoms with E-state index in [9.17, 15) is 9.59 Å². The van der Waals surface area contributed by atoms with Gasteiger partial charge >= 0.3 is 0 Å². The summed E-state index contributed by atoms with van der Waals surface area (Å²) in [6.45, 7) is 5.62. The minimum Gasteiger partial charge on any atom is -0.339 e. The lowest BCUT2D eigenvalue weighted by Gasteiger charge is -2.32. The Balaban J connectivity index is 0.00000182. The molecule has 0 aliphatic carbocycles. The number of likely N-dealkylation sites (N-methyl/N-ethyl adjacent to an activating group) is 1. The molecule has 2 aliphatic rings. The Morgan fingerprint density at radius 1 is 1.26 bits per heavy atom. The highest BCUT2D eigenvalue weighted by atomic mass is 35.5. The van der Waals surface area contributed by atoms with Crippen LogP contribution in [0.15, 0.2) is 12.4 Å². The molecule has 2 amide bonds. The molecule has 1 aromatic heterocycles. The van der Waals surface area contributed by atoms with Crippen LogP contribution in [0.1, 0.15) is 19.3 Å². The van der Waals surface area contributed by atoms with Gasteiger partial charge in [-0.05, 0) is 38.9 Å². The zero-order valence-corrected chi connectivity index (χ0v) is 17.4. The van der Waals surface area contributed by atoms with Crippen molar-refractivity contribution >= 4 is 42.3 Å². The summed E-state index contributed by atoms with van der Waals surface area (Å²) < 4.78 is 1.59. The number of piperazine rings is 1. The average molecular weight is 421 g/mol. The summed E-state index contributed by atoms with van der Waals surface area (Å²) in [6, 6.07) is 0. The summed E-state index contributed by atoms with van der Waals surface area (Å²) in [5, 5.41) is 10.4. The van der Waals surface area contributed by atoms with E-state index in [1.807, 2.05) is 4.90 Å². The van der Waals surface area contributed by atoms with Crippen LogP contribution in [-0.2, 0) is 16.1 Å². The molecular formula is C17H30Cl2N6O2. The number of halogens is 2. The number of carbonyl (C=O) groups is 2. The second kappa shape index (κ2) is 11.5. The Bertz CT molecular complexity index is 598. The van der Waals surface area contributed by atoms with Crippen LogP contribution in [0, 0.1) is 5.92 Å². The first-order valence-electron chi connectivity index (χ1n) is 9.09. The van der Waals surface area contributed by atoms with Gasteiger partial charge in [0.25, 0.3) is 0 Å². The monoisotopic (exact) mass is 420 g/mol. The lowest BCUT2D eigenvalue weighted by atomic mass is 10.0. The van der Waals surface area contributed by atoms with Gasteiger partial charge in [0.1, 0.15) is 6.54 Å². The molecule has 2 N–H and O–H groups in total. The van der Waals surface area contributed by atoms with Crippen LogP contribution in [-0.4, -0.2) is 77.7 Å². The molecule has 0 aromatic carbocycles. The Morgan fingerprint density at radius 2 is 2.00 bits per heavy atom. The van der Waals surface area contributed by atoms with Crippen molar-refractivity contribution in [3.05, 3.63) is 12.4 Å². The Morgan fingerprint density at radius 3 is 2.67 bits per heavy atom. The summed E-state index contributed by atoms with van der Waals surface area (Å²) in [7, 11) is 2.06. The fourth-order valence-electron chi connectivity index (χ4n) is 3.33. The van der Waals surface area contributed by atoms with Gasteiger partial charge in [-0.15, -0.1) is 24.8 Å². The molecule has 10 heteroatoms. The summed E-state index contributed by atoms with van der Waals surface area (Å²) in [5.41, 5.74) is 0.653. The summed E-state index contributed by atoms with van der Waals surface area (Å²) in [5.74, 6) is 0.689. The molecule has 1 unspecified atom stereocenters. The predicted molar refractivity (Wildman–Crippen MR) is 110 cm³/mol. The first-order chi connectivity index (χ1) is 12.1. The van der Waals surface area contributed by atoms with Gasteiger partial charge in [-0.2, -0.15) is 5.10 Å². The van der Waals surface area contributed by atoms with Crippen LogP contribution >= 0.6 is 24.8 Å². The van der Waals surface area contributed by atoms with Gasteiger partial charge in [-0.3, -0.25) is 14.3 Å². The van der Waals surface area contributed by atoms with Gasteiger partial charge in [0.2, 0.25) is 11.8 Å². The van der Waals surface area contributed by atoms with Crippen molar-refractivity contribution in [3.8, 4) is 0 Å². The molecule has 27 heavy (non-hydrogen) atoms. The molecule has 3 heterocycles. The number of anilines is 1. The van der Waals surface area contributed by atoms with Crippen molar-refractivity contribution in [3.63, 3.8) is 0 Å². The number of aromatic nitrogens is 2. The van der Waals surface area contributed by atoms with Crippen molar-refractivity contribution in [2.75, 3.05) is 51.6 Å². The van der Waals surface area contributed by atoms with E-state index in [1.165, 1.54) is 0 Å². The van der Waals surface area contributed by atoms with Gasteiger partial charge in [0.05, 0.1) is 11.9 Å². The van der Waals surface area contributed by atoms with Crippen molar-refractivity contribution < 1.29 is 9.59 Å². The SMILES string of the molecule is CN1CCN(C(=O)Cn2cc(NC(=O)CCC3CCNC3)cn2)CC1.Cl.Cl. The molecule has 1 atom stereocenters. The quantitative estimate of drug-likeness (QED) is 0.711. The van der Waals surface area contributed by atoms with Gasteiger partial charge in [-0.25, -0.2) is 0 Å². The van der Waals surface area contributed by atoms with Crippen LogP contribution in [0.5, 0.6) is 0 Å². The highest BCUT2D eigenvalue weighted by molar-refractivity contribution is 5.90. The van der Waals surface area contributed by atoms with Crippen molar-refractivity contribution in [1.29, 1.82) is 0 Å². The maximum atomic E-state index is 12.3. The molecule has 154 valence electrons. The summed E-state index contributed by atoms with van der Waals surface area (Å²) >= 11 is 0. The number of carbonyl (C=O) groups excluding carboxylic acids is 2. The van der Waals surface area contributed by atoms with Crippen LogP contribution in [0.3, 0.4) is 0 Å². The van der Waals surface area contributed by atoms with Crippen LogP contribution in [0.25, 0.3) is 0 Å². The Kier molecular flexibility index (Phi) is 10.1. The molecule has 3 rings (SSSR count). The third-order valence-electron chi connectivity index (χ3n) is 5.01. The average Bonchev–Trinajstić information content (AvgIpc) is 3.25. The predicted octanol–water partition coefficient (Wildman–Crippen LogP) is 0.829. The van der Waals surface area contributed by atoms with Gasteiger partial charge in [-0.1, -0.05) is 0 Å². The van der Waals surface area contributed by atoms with Gasteiger partial charge in [0, 0.05) is 38.8 Å². The second-order valence-corrected chi connectivity index (χ2v) is 7.06. The van der Waals surface area contributed by atoms with E-state index < -0.39 is 0 Å². The number of nitrogens with one attached hydrogen (secondary N) is 2. The van der Waals surface area contributed by atoms with Crippen LogP contribution < -0.4 is 10.6 Å². The van der Waals surface area contributed by atoms with Crippen molar-refractivity contribution in [1.82, 2.24) is 24.9 Å². The smallest absolute Gasteiger partial charge is 0.244 e. The van der Waals surface area contributed by atoms with Crippen molar-refractivity contribution in [2.45, 2.75) is 25.8 Å². The fourth-order valence-corrected chi connectivity index (χ4v) is 3.33. The fraction of sp³-hybridized carbons (Fsp3) is 0.706. The van der Waals surface area contributed by atoms with E-state index >= 15 is 0 Å². The number of nitrogens with zero attached hydrogens (tertiary/aromatic N) is 4. The first kappa shape index (κ1) is 23.7. The number of hydrogen-bond donors (Lipinski definition) is 2. The number of rotatable bonds is 6. The largest absolute Gasteiger partial charge is 0.339 e. The molecule has 2 fully saturated rings. The molecule has 0 saturated carbocycles. The molecular weight excluding hydrogens is 391 g/mol. The maximum absolute atomic E-state index is 12.3. The van der Waals surface area contributed by atoms with E-state index in [0.717, 1.165) is 52.1 Å². The van der Waals surface area contributed by atoms with Crippen molar-refractivity contribution in [2.24, 2.45) is 5.92 Å². The maximum Gasteiger partial charge on any atom is 0.244 e. The Labute approximate surface area is 172 Å². The van der Waals surface area contributed by atoms with E-state index in [-0.39, 0.29) is 43.2 Å². The minimum atomic E-state index is 0. The van der Waals surface area contributed by atoms with E-state index in [4.69, 9.17) is 0 Å². The normalized spacial score (nSPS) is 19.9. The van der Waals surface area contributed by atoms with Gasteiger partial charge in [0.15, 0.2) is 0 Å². The molecule has 0 radical (unpaired) electrons. The molecule has 8 nitrogen and oxygen atoms in total. The number of amides is 2. The van der Waals surface area contributed by atoms with E-state index in [0.29, 0.717) is 18.0 Å².